The van der Waals surface area contributed by atoms with E-state index in [2.05, 4.69) is 255 Å². The van der Waals surface area contributed by atoms with Gasteiger partial charge >= 0.3 is 0 Å². The number of nitrogens with zero attached hydrogens (tertiary/aromatic N) is 5. The van der Waals surface area contributed by atoms with Crippen LogP contribution in [0.2, 0.25) is 0 Å². The Morgan fingerprint density at radius 1 is 0.347 bits per heavy atom. The summed E-state index contributed by atoms with van der Waals surface area (Å²) in [5, 5.41) is 2.50. The van der Waals surface area contributed by atoms with Crippen molar-refractivity contribution < 1.29 is 0 Å². The number of hydrogen-bond acceptors (Lipinski definition) is 4. The molecule has 0 bridgehead atoms. The molecule has 0 saturated carbocycles. The molecule has 0 radical (unpaired) electrons. The second-order valence-electron chi connectivity index (χ2n) is 19.3. The molecule has 0 atom stereocenters. The van der Waals surface area contributed by atoms with E-state index in [-0.39, 0.29) is 5.41 Å². The molecule has 12 aromatic rings. The summed E-state index contributed by atoms with van der Waals surface area (Å²) in [6.07, 6.45) is 0. The van der Waals surface area contributed by atoms with Gasteiger partial charge in [-0.2, -0.15) is 0 Å². The zero-order chi connectivity index (χ0) is 48.3. The third kappa shape index (κ3) is 7.37. The molecule has 5 heteroatoms. The molecule has 1 aliphatic rings. The SMILES string of the molecule is CN(c1cccc(-c2ccc3c4ccccc4n(-c4ccccc4)c3c2)c1)c1ccccc1-c1ccc(-c2cccc(-c3nc(-c4ccccc4)nc(-c4ccc5c(c4)C(C)(C)c4ccccc4-5)n3)c2)cc1. The van der Waals surface area contributed by atoms with Crippen molar-refractivity contribution in [1.82, 2.24) is 19.5 Å². The minimum Gasteiger partial charge on any atom is -0.344 e. The lowest BCUT2D eigenvalue weighted by Crippen LogP contribution is -2.15. The van der Waals surface area contributed by atoms with Gasteiger partial charge in [0.25, 0.3) is 0 Å². The molecule has 13 rings (SSSR count). The van der Waals surface area contributed by atoms with Crippen LogP contribution in [-0.4, -0.2) is 26.6 Å². The number of rotatable bonds is 9. The number of fused-ring (bicyclic) bond motifs is 6. The van der Waals surface area contributed by atoms with Gasteiger partial charge in [0.1, 0.15) is 0 Å². The van der Waals surface area contributed by atoms with E-state index in [4.69, 9.17) is 15.0 Å². The van der Waals surface area contributed by atoms with Gasteiger partial charge in [-0.25, -0.2) is 15.0 Å². The van der Waals surface area contributed by atoms with E-state index >= 15 is 0 Å². The molecular weight excluding hydrogens is 875 g/mol. The van der Waals surface area contributed by atoms with E-state index in [9.17, 15) is 0 Å². The van der Waals surface area contributed by atoms with Gasteiger partial charge in [0.15, 0.2) is 17.5 Å². The fourth-order valence-corrected chi connectivity index (χ4v) is 10.9. The minimum atomic E-state index is -0.140. The zero-order valence-corrected chi connectivity index (χ0v) is 40.3. The van der Waals surface area contributed by atoms with Crippen molar-refractivity contribution >= 4 is 33.2 Å². The Balaban J connectivity index is 0.806. The summed E-state index contributed by atoms with van der Waals surface area (Å²) < 4.78 is 2.38. The van der Waals surface area contributed by atoms with Crippen LogP contribution in [0.3, 0.4) is 0 Å². The van der Waals surface area contributed by atoms with Gasteiger partial charge in [-0.1, -0.05) is 202 Å². The van der Waals surface area contributed by atoms with E-state index in [0.717, 1.165) is 56.0 Å². The van der Waals surface area contributed by atoms with Crippen molar-refractivity contribution in [2.45, 2.75) is 19.3 Å². The Hall–Kier alpha value is -9.19. The second kappa shape index (κ2) is 17.3. The fourth-order valence-electron chi connectivity index (χ4n) is 10.9. The molecule has 0 spiro atoms. The Morgan fingerprint density at radius 3 is 1.67 bits per heavy atom. The number of benzene rings is 10. The smallest absolute Gasteiger partial charge is 0.164 e. The van der Waals surface area contributed by atoms with Crippen molar-refractivity contribution in [2.75, 3.05) is 11.9 Å². The van der Waals surface area contributed by atoms with Gasteiger partial charge in [0.05, 0.1) is 11.0 Å². The number of aromatic nitrogens is 4. The number of para-hydroxylation sites is 3. The van der Waals surface area contributed by atoms with Gasteiger partial charge in [0.2, 0.25) is 0 Å². The summed E-state index contributed by atoms with van der Waals surface area (Å²) in [6, 6.07) is 86.8. The van der Waals surface area contributed by atoms with E-state index in [1.54, 1.807) is 0 Å². The largest absolute Gasteiger partial charge is 0.344 e. The van der Waals surface area contributed by atoms with Crippen molar-refractivity contribution in [3.8, 4) is 84.4 Å². The van der Waals surface area contributed by atoms with Crippen LogP contribution in [0.15, 0.2) is 243 Å². The van der Waals surface area contributed by atoms with Gasteiger partial charge in [-0.3, -0.25) is 0 Å². The maximum Gasteiger partial charge on any atom is 0.164 e. The third-order valence-electron chi connectivity index (χ3n) is 14.7. The lowest BCUT2D eigenvalue weighted by atomic mass is 9.82. The molecule has 342 valence electrons. The van der Waals surface area contributed by atoms with E-state index in [1.807, 2.05) is 18.2 Å². The van der Waals surface area contributed by atoms with Crippen LogP contribution >= 0.6 is 0 Å². The van der Waals surface area contributed by atoms with Crippen LogP contribution in [0.5, 0.6) is 0 Å². The Labute approximate surface area is 420 Å². The van der Waals surface area contributed by atoms with Gasteiger partial charge in [-0.15, -0.1) is 0 Å². The van der Waals surface area contributed by atoms with E-state index in [0.29, 0.717) is 17.5 Å². The van der Waals surface area contributed by atoms with Crippen LogP contribution in [-0.2, 0) is 5.41 Å². The highest BCUT2D eigenvalue weighted by atomic mass is 15.1. The maximum absolute atomic E-state index is 5.19. The first-order valence-corrected chi connectivity index (χ1v) is 24.7. The summed E-state index contributed by atoms with van der Waals surface area (Å²) in [4.78, 5) is 17.7. The Bertz CT molecular complexity index is 4020. The normalized spacial score (nSPS) is 12.5. The van der Waals surface area contributed by atoms with Gasteiger partial charge in [0, 0.05) is 62.6 Å². The first-order valence-electron chi connectivity index (χ1n) is 24.7. The quantitative estimate of drug-likeness (QED) is 0.145. The predicted molar refractivity (Wildman–Crippen MR) is 299 cm³/mol. The first-order chi connectivity index (χ1) is 35.4. The molecule has 1 aliphatic carbocycles. The molecule has 10 aromatic carbocycles. The number of anilines is 2. The van der Waals surface area contributed by atoms with Crippen LogP contribution in [0, 0.1) is 0 Å². The zero-order valence-electron chi connectivity index (χ0n) is 40.3. The fraction of sp³-hybridized carbons (Fsp3) is 0.0597. The maximum atomic E-state index is 5.19. The molecule has 0 saturated heterocycles. The average Bonchev–Trinajstić information content (AvgIpc) is 3.90. The van der Waals surface area contributed by atoms with Crippen molar-refractivity contribution in [3.63, 3.8) is 0 Å². The molecule has 0 fully saturated rings. The molecular formula is C67H49N5. The highest BCUT2D eigenvalue weighted by molar-refractivity contribution is 6.10. The second-order valence-corrected chi connectivity index (χ2v) is 19.3. The Kier molecular flexibility index (Phi) is 10.3. The summed E-state index contributed by atoms with van der Waals surface area (Å²) in [7, 11) is 2.16. The monoisotopic (exact) mass is 923 g/mol. The molecule has 2 heterocycles. The minimum absolute atomic E-state index is 0.140. The molecule has 0 unspecified atom stereocenters. The summed E-state index contributed by atoms with van der Waals surface area (Å²) in [6.45, 7) is 4.61. The number of hydrogen-bond donors (Lipinski definition) is 0. The van der Waals surface area contributed by atoms with Crippen molar-refractivity contribution in [2.24, 2.45) is 0 Å². The highest BCUT2D eigenvalue weighted by Crippen LogP contribution is 2.49. The van der Waals surface area contributed by atoms with Gasteiger partial charge in [-0.05, 0) is 105 Å². The molecule has 0 N–H and O–H groups in total. The standard InChI is InChI=1S/C67H49N5/c1-67(2)59-29-13-10-27-55(59)56-38-37-51(42-60(56)67)66-69-64(46-18-6-4-7-19-46)68-65(70-66)50-22-16-20-47(40-50)44-32-34-45(35-33-44)54-26-11-14-30-61(54)71(3)53-25-17-21-48(41-53)49-36-39-58-57-28-12-15-31-62(57)72(63(58)43-49)52-23-8-5-9-24-52/h4-43H,1-3H3. The van der Waals surface area contributed by atoms with Crippen LogP contribution in [0.1, 0.15) is 25.0 Å². The van der Waals surface area contributed by atoms with Crippen LogP contribution < -0.4 is 4.90 Å². The lowest BCUT2D eigenvalue weighted by molar-refractivity contribution is 0.660. The van der Waals surface area contributed by atoms with Gasteiger partial charge < -0.3 is 9.47 Å². The molecule has 72 heavy (non-hydrogen) atoms. The summed E-state index contributed by atoms with van der Waals surface area (Å²) >= 11 is 0. The topological polar surface area (TPSA) is 46.8 Å². The lowest BCUT2D eigenvalue weighted by Gasteiger charge is -2.23. The summed E-state index contributed by atoms with van der Waals surface area (Å²) in [5.41, 5.74) is 20.5. The molecule has 0 aliphatic heterocycles. The van der Waals surface area contributed by atoms with Crippen LogP contribution in [0.4, 0.5) is 11.4 Å². The van der Waals surface area contributed by atoms with Crippen molar-refractivity contribution in [3.05, 3.63) is 254 Å². The van der Waals surface area contributed by atoms with Crippen molar-refractivity contribution in [1.29, 1.82) is 0 Å². The summed E-state index contributed by atoms with van der Waals surface area (Å²) in [5.74, 6) is 1.94. The van der Waals surface area contributed by atoms with Crippen LogP contribution in [0.25, 0.3) is 106 Å². The van der Waals surface area contributed by atoms with E-state index in [1.165, 1.54) is 55.2 Å². The van der Waals surface area contributed by atoms with E-state index < -0.39 is 0 Å². The first kappa shape index (κ1) is 42.9. The average molecular weight is 924 g/mol. The third-order valence-corrected chi connectivity index (χ3v) is 14.7. The molecule has 0 amide bonds. The molecule has 2 aromatic heterocycles. The Morgan fingerprint density at radius 2 is 0.875 bits per heavy atom. The predicted octanol–water partition coefficient (Wildman–Crippen LogP) is 17.0. The molecule has 5 nitrogen and oxygen atoms in total. The highest BCUT2D eigenvalue weighted by Gasteiger charge is 2.35.